The molecule has 0 N–H and O–H groups in total. The molecule has 0 nitrogen and oxygen atoms in total. The molecule has 29 heavy (non-hydrogen) atoms. The largest absolute Gasteiger partial charge is 0.0769 e. The number of allylic oxidation sites excluding steroid dienone is 4. The van der Waals surface area contributed by atoms with Crippen molar-refractivity contribution >= 4 is 0 Å². The minimum Gasteiger partial charge on any atom is -0.0769 e. The zero-order valence-corrected chi connectivity index (χ0v) is 17.7. The van der Waals surface area contributed by atoms with Crippen LogP contribution in [0.25, 0.3) is 0 Å². The highest BCUT2D eigenvalue weighted by molar-refractivity contribution is 5.55. The molecule has 3 aromatic carbocycles. The van der Waals surface area contributed by atoms with Crippen molar-refractivity contribution in [2.75, 3.05) is 0 Å². The Bertz CT molecular complexity index is 960. The Hall–Kier alpha value is -2.86. The summed E-state index contributed by atoms with van der Waals surface area (Å²) in [5, 5.41) is 0. The van der Waals surface area contributed by atoms with Crippen molar-refractivity contribution < 1.29 is 0 Å². The Morgan fingerprint density at radius 1 is 0.655 bits per heavy atom. The first-order chi connectivity index (χ1) is 14.0. The summed E-state index contributed by atoms with van der Waals surface area (Å²) in [5.74, 6) is 0. The summed E-state index contributed by atoms with van der Waals surface area (Å²) in [5.41, 5.74) is 6.90. The van der Waals surface area contributed by atoms with Crippen LogP contribution >= 0.6 is 0 Å². The van der Waals surface area contributed by atoms with Gasteiger partial charge in [-0.1, -0.05) is 129 Å². The highest BCUT2D eigenvalue weighted by Crippen LogP contribution is 2.54. The van der Waals surface area contributed by atoms with E-state index in [-0.39, 0.29) is 10.8 Å². The van der Waals surface area contributed by atoms with E-state index in [1.165, 1.54) is 27.8 Å². The summed E-state index contributed by atoms with van der Waals surface area (Å²) < 4.78 is 0. The van der Waals surface area contributed by atoms with Gasteiger partial charge in [0, 0.05) is 5.41 Å². The maximum atomic E-state index is 2.47. The van der Waals surface area contributed by atoms with Gasteiger partial charge in [-0.3, -0.25) is 0 Å². The highest BCUT2D eigenvalue weighted by atomic mass is 14.5. The Morgan fingerprint density at radius 3 is 1.62 bits per heavy atom. The summed E-state index contributed by atoms with van der Waals surface area (Å²) in [6.07, 6.45) is 6.89. The molecular formula is C29H30. The molecule has 0 atom stereocenters. The van der Waals surface area contributed by atoms with Crippen LogP contribution in [0, 0.1) is 5.41 Å². The molecule has 0 aromatic heterocycles. The summed E-state index contributed by atoms with van der Waals surface area (Å²) in [7, 11) is 0. The molecule has 0 amide bonds. The van der Waals surface area contributed by atoms with Crippen molar-refractivity contribution in [3.8, 4) is 0 Å². The first-order valence-electron chi connectivity index (χ1n) is 10.6. The third-order valence-electron chi connectivity index (χ3n) is 6.22. The van der Waals surface area contributed by atoms with Gasteiger partial charge < -0.3 is 0 Å². The second-order valence-electron chi connectivity index (χ2n) is 9.05. The summed E-state index contributed by atoms with van der Waals surface area (Å²) in [4.78, 5) is 0. The lowest BCUT2D eigenvalue weighted by molar-refractivity contribution is 0.265. The lowest BCUT2D eigenvalue weighted by Gasteiger charge is -2.47. The van der Waals surface area contributed by atoms with Gasteiger partial charge in [0.15, 0.2) is 0 Å². The van der Waals surface area contributed by atoms with Crippen molar-refractivity contribution in [2.24, 2.45) is 5.41 Å². The molecule has 1 aliphatic rings. The van der Waals surface area contributed by atoms with Gasteiger partial charge in [0.1, 0.15) is 0 Å². The van der Waals surface area contributed by atoms with E-state index in [1.54, 1.807) is 0 Å². The number of hydrogen-bond donors (Lipinski definition) is 0. The van der Waals surface area contributed by atoms with Gasteiger partial charge in [-0.25, -0.2) is 0 Å². The van der Waals surface area contributed by atoms with Crippen molar-refractivity contribution in [1.82, 2.24) is 0 Å². The lowest BCUT2D eigenvalue weighted by atomic mass is 9.55. The second-order valence-corrected chi connectivity index (χ2v) is 9.05. The molecule has 0 aliphatic heterocycles. The van der Waals surface area contributed by atoms with Gasteiger partial charge in [0.2, 0.25) is 0 Å². The fourth-order valence-electron chi connectivity index (χ4n) is 5.06. The molecule has 0 saturated heterocycles. The average Bonchev–Trinajstić information content (AvgIpc) is 3.18. The van der Waals surface area contributed by atoms with Crippen molar-refractivity contribution in [3.63, 3.8) is 0 Å². The Kier molecular flexibility index (Phi) is 5.28. The molecule has 146 valence electrons. The van der Waals surface area contributed by atoms with Crippen LogP contribution in [0.2, 0.25) is 0 Å². The van der Waals surface area contributed by atoms with Gasteiger partial charge in [-0.15, -0.1) is 0 Å². The zero-order valence-electron chi connectivity index (χ0n) is 17.7. The molecule has 0 fully saturated rings. The zero-order chi connectivity index (χ0) is 20.3. The molecule has 0 heteroatoms. The minimum absolute atomic E-state index is 0.0254. The van der Waals surface area contributed by atoms with Crippen LogP contribution in [0.1, 0.15) is 43.9 Å². The average molecular weight is 379 g/mol. The predicted octanol–water partition coefficient (Wildman–Crippen LogP) is 7.52. The highest BCUT2D eigenvalue weighted by Gasteiger charge is 2.47. The summed E-state index contributed by atoms with van der Waals surface area (Å²) in [6, 6.07) is 32.9. The van der Waals surface area contributed by atoms with Gasteiger partial charge in [-0.2, -0.15) is 0 Å². The first kappa shape index (κ1) is 19.5. The standard InChI is InChI=1S/C29H30/c1-28(2,3)29(25-15-9-5-10-16-25,26-17-11-6-12-18-26)27-20-19-24(22-27)21-23-13-7-4-8-14-23/h4-19,22H,20-21H2,1-3H3. The van der Waals surface area contributed by atoms with Crippen LogP contribution in [-0.4, -0.2) is 0 Å². The van der Waals surface area contributed by atoms with Gasteiger partial charge >= 0.3 is 0 Å². The molecule has 0 spiro atoms. The SMILES string of the molecule is CC(C)(C)C(C1=CC(Cc2ccccc2)=CC1)(c1ccccc1)c1ccccc1. The van der Waals surface area contributed by atoms with Gasteiger partial charge in [0.25, 0.3) is 0 Å². The fraction of sp³-hybridized carbons (Fsp3) is 0.241. The normalized spacial score (nSPS) is 14.4. The topological polar surface area (TPSA) is 0 Å². The second kappa shape index (κ2) is 7.87. The first-order valence-corrected chi connectivity index (χ1v) is 10.6. The predicted molar refractivity (Wildman–Crippen MR) is 124 cm³/mol. The monoisotopic (exact) mass is 378 g/mol. The van der Waals surface area contributed by atoms with E-state index < -0.39 is 0 Å². The van der Waals surface area contributed by atoms with Crippen LogP contribution in [0.4, 0.5) is 0 Å². The third kappa shape index (κ3) is 3.60. The van der Waals surface area contributed by atoms with Crippen LogP contribution in [0.5, 0.6) is 0 Å². The van der Waals surface area contributed by atoms with Crippen LogP contribution in [0.3, 0.4) is 0 Å². The van der Waals surface area contributed by atoms with E-state index in [0.29, 0.717) is 0 Å². The number of hydrogen-bond acceptors (Lipinski definition) is 0. The Morgan fingerprint density at radius 2 is 1.14 bits per heavy atom. The quantitative estimate of drug-likeness (QED) is 0.431. The molecule has 0 heterocycles. The van der Waals surface area contributed by atoms with E-state index in [0.717, 1.165) is 12.8 Å². The molecule has 4 rings (SSSR count). The van der Waals surface area contributed by atoms with E-state index in [4.69, 9.17) is 0 Å². The van der Waals surface area contributed by atoms with E-state index >= 15 is 0 Å². The maximum Gasteiger partial charge on any atom is 0.0465 e. The van der Waals surface area contributed by atoms with E-state index in [9.17, 15) is 0 Å². The van der Waals surface area contributed by atoms with Crippen molar-refractivity contribution in [3.05, 3.63) is 131 Å². The molecule has 0 bridgehead atoms. The van der Waals surface area contributed by atoms with Crippen LogP contribution in [-0.2, 0) is 11.8 Å². The summed E-state index contributed by atoms with van der Waals surface area (Å²) >= 11 is 0. The van der Waals surface area contributed by atoms with E-state index in [2.05, 4.69) is 124 Å². The Balaban J connectivity index is 1.85. The molecule has 0 saturated carbocycles. The van der Waals surface area contributed by atoms with Crippen molar-refractivity contribution in [1.29, 1.82) is 0 Å². The van der Waals surface area contributed by atoms with E-state index in [1.807, 2.05) is 0 Å². The van der Waals surface area contributed by atoms with Gasteiger partial charge in [-0.05, 0) is 40.5 Å². The molecule has 0 radical (unpaired) electrons. The van der Waals surface area contributed by atoms with Gasteiger partial charge in [0.05, 0.1) is 0 Å². The minimum atomic E-state index is -0.162. The lowest BCUT2D eigenvalue weighted by Crippen LogP contribution is -2.42. The third-order valence-corrected chi connectivity index (χ3v) is 6.22. The molecular weight excluding hydrogens is 348 g/mol. The van der Waals surface area contributed by atoms with Crippen molar-refractivity contribution in [2.45, 2.75) is 39.0 Å². The van der Waals surface area contributed by atoms with Crippen LogP contribution < -0.4 is 0 Å². The Labute approximate surface area is 175 Å². The summed E-state index contributed by atoms with van der Waals surface area (Å²) in [6.45, 7) is 7.13. The number of benzene rings is 3. The molecule has 0 unspecified atom stereocenters. The maximum absolute atomic E-state index is 2.47. The smallest absolute Gasteiger partial charge is 0.0465 e. The number of rotatable bonds is 5. The van der Waals surface area contributed by atoms with Crippen LogP contribution in [0.15, 0.2) is 114 Å². The molecule has 1 aliphatic carbocycles. The fourth-order valence-corrected chi connectivity index (χ4v) is 5.06. The molecule has 3 aromatic rings.